The number of hydrogen-bond donors (Lipinski definition) is 2. The molecular weight excluding hydrogens is 268 g/mol. The van der Waals surface area contributed by atoms with Crippen LogP contribution >= 0.6 is 12.4 Å². The summed E-state index contributed by atoms with van der Waals surface area (Å²) in [7, 11) is 0. The third-order valence-corrected chi connectivity index (χ3v) is 3.46. The molecule has 0 radical (unpaired) electrons. The summed E-state index contributed by atoms with van der Waals surface area (Å²) < 4.78 is 1.59. The van der Waals surface area contributed by atoms with Gasteiger partial charge in [0.25, 0.3) is 0 Å². The summed E-state index contributed by atoms with van der Waals surface area (Å²) in [5, 5.41) is 13.0. The van der Waals surface area contributed by atoms with Gasteiger partial charge in [0, 0.05) is 24.0 Å². The number of aliphatic carboxylic acids is 1. The van der Waals surface area contributed by atoms with Crippen LogP contribution in [-0.4, -0.2) is 28.1 Å². The van der Waals surface area contributed by atoms with Crippen LogP contribution in [0.5, 0.6) is 0 Å². The lowest BCUT2D eigenvalue weighted by atomic mass is 9.99. The molecule has 1 atom stereocenters. The van der Waals surface area contributed by atoms with Gasteiger partial charge in [-0.25, -0.2) is 0 Å². The van der Waals surface area contributed by atoms with Gasteiger partial charge in [0.2, 0.25) is 6.41 Å². The number of aromatic nitrogens is 1. The van der Waals surface area contributed by atoms with Gasteiger partial charge in [0.1, 0.15) is 6.04 Å². The Kier molecular flexibility index (Phi) is 3.59. The molecule has 2 heterocycles. The molecule has 0 bridgehead atoms. The minimum absolute atomic E-state index is 0. The van der Waals surface area contributed by atoms with Crippen molar-refractivity contribution in [3.8, 4) is 0 Å². The molecule has 1 aromatic carbocycles. The Morgan fingerprint density at radius 2 is 2.16 bits per heavy atom. The molecule has 1 aromatic heterocycles. The Morgan fingerprint density at radius 1 is 1.42 bits per heavy atom. The van der Waals surface area contributed by atoms with Crippen LogP contribution in [0.3, 0.4) is 0 Å². The van der Waals surface area contributed by atoms with Crippen molar-refractivity contribution in [1.82, 2.24) is 9.88 Å². The second kappa shape index (κ2) is 5.03. The van der Waals surface area contributed by atoms with Crippen LogP contribution in [0.25, 0.3) is 10.9 Å². The van der Waals surface area contributed by atoms with Crippen molar-refractivity contribution in [2.24, 2.45) is 0 Å². The maximum absolute atomic E-state index is 11.2. The molecule has 0 aliphatic carbocycles. The van der Waals surface area contributed by atoms with Crippen LogP contribution < -0.4 is 5.32 Å². The average Bonchev–Trinajstić information content (AvgIpc) is 2.71. The maximum Gasteiger partial charge on any atom is 0.321 e. The van der Waals surface area contributed by atoms with E-state index in [4.69, 9.17) is 5.11 Å². The van der Waals surface area contributed by atoms with E-state index >= 15 is 0 Å². The van der Waals surface area contributed by atoms with Crippen LogP contribution in [0.1, 0.15) is 11.3 Å². The molecule has 5 nitrogen and oxygen atoms in total. The largest absolute Gasteiger partial charge is 0.480 e. The minimum atomic E-state index is -0.858. The number of benzene rings is 1. The lowest BCUT2D eigenvalue weighted by Crippen LogP contribution is -2.42. The first-order valence-electron chi connectivity index (χ1n) is 5.74. The van der Waals surface area contributed by atoms with E-state index in [1.807, 2.05) is 24.3 Å². The quantitative estimate of drug-likeness (QED) is 0.811. The van der Waals surface area contributed by atoms with Crippen LogP contribution in [0.2, 0.25) is 0 Å². The average molecular weight is 281 g/mol. The molecule has 1 aliphatic heterocycles. The van der Waals surface area contributed by atoms with Crippen LogP contribution in [0.15, 0.2) is 24.3 Å². The number of para-hydroxylation sites is 1. The fraction of sp³-hybridized carbons (Fsp3) is 0.231. The van der Waals surface area contributed by atoms with E-state index in [9.17, 15) is 9.59 Å². The molecule has 6 heteroatoms. The van der Waals surface area contributed by atoms with E-state index in [0.29, 0.717) is 13.0 Å². The molecule has 1 unspecified atom stereocenters. The zero-order valence-electron chi connectivity index (χ0n) is 10.00. The monoisotopic (exact) mass is 280 g/mol. The van der Waals surface area contributed by atoms with Crippen LogP contribution in [-0.2, 0) is 22.6 Å². The Balaban J connectivity index is 0.00000133. The number of carboxylic acids is 1. The van der Waals surface area contributed by atoms with Crippen molar-refractivity contribution in [2.75, 3.05) is 0 Å². The van der Waals surface area contributed by atoms with Crippen LogP contribution in [0, 0.1) is 0 Å². The van der Waals surface area contributed by atoms with E-state index < -0.39 is 12.0 Å². The van der Waals surface area contributed by atoms with Gasteiger partial charge in [-0.15, -0.1) is 12.4 Å². The molecule has 3 rings (SSSR count). The van der Waals surface area contributed by atoms with Crippen LogP contribution in [0.4, 0.5) is 0 Å². The maximum atomic E-state index is 11.2. The van der Waals surface area contributed by atoms with Gasteiger partial charge < -0.3 is 5.11 Å². The summed E-state index contributed by atoms with van der Waals surface area (Å²) in [6.45, 7) is 0.402. The van der Waals surface area contributed by atoms with Crippen molar-refractivity contribution < 1.29 is 14.7 Å². The number of carboxylic acid groups (broad SMARTS) is 1. The summed E-state index contributed by atoms with van der Waals surface area (Å²) in [6.07, 6.45) is 1.19. The summed E-state index contributed by atoms with van der Waals surface area (Å²) in [5.41, 5.74) is 2.66. The molecule has 2 N–H and O–H groups in total. The molecule has 0 amide bonds. The normalized spacial score (nSPS) is 17.6. The molecule has 0 fully saturated rings. The lowest BCUT2D eigenvalue weighted by molar-refractivity contribution is -0.139. The van der Waals surface area contributed by atoms with Gasteiger partial charge in [-0.05, 0) is 11.6 Å². The van der Waals surface area contributed by atoms with Crippen molar-refractivity contribution in [3.05, 3.63) is 35.5 Å². The molecule has 0 spiro atoms. The minimum Gasteiger partial charge on any atom is -0.480 e. The molecule has 100 valence electrons. The highest BCUT2D eigenvalue weighted by molar-refractivity contribution is 5.91. The van der Waals surface area contributed by atoms with Crippen molar-refractivity contribution in [1.29, 1.82) is 0 Å². The smallest absolute Gasteiger partial charge is 0.321 e. The van der Waals surface area contributed by atoms with Gasteiger partial charge in [-0.2, -0.15) is 0 Å². The third kappa shape index (κ3) is 2.01. The molecule has 1 aliphatic rings. The Bertz CT molecular complexity index is 651. The summed E-state index contributed by atoms with van der Waals surface area (Å²) >= 11 is 0. The summed E-state index contributed by atoms with van der Waals surface area (Å²) in [5.74, 6) is -0.858. The first-order chi connectivity index (χ1) is 8.72. The summed E-state index contributed by atoms with van der Waals surface area (Å²) in [6, 6.07) is 6.99. The molecular formula is C13H13ClN2O3. The predicted molar refractivity (Wildman–Crippen MR) is 73.3 cm³/mol. The van der Waals surface area contributed by atoms with E-state index in [2.05, 4.69) is 5.32 Å². The number of fused-ring (bicyclic) bond motifs is 3. The van der Waals surface area contributed by atoms with E-state index in [1.54, 1.807) is 4.57 Å². The third-order valence-electron chi connectivity index (χ3n) is 3.46. The van der Waals surface area contributed by atoms with E-state index in [1.165, 1.54) is 0 Å². The standard InChI is InChI=1S/C13H12N2O3.ClH/c16-7-15-11-4-2-1-3-8(11)9-5-10(13(17)18)14-6-12(9)15;/h1-4,7,10,14H,5-6H2,(H,17,18);1H. The second-order valence-electron chi connectivity index (χ2n) is 4.39. The Hall–Kier alpha value is -1.85. The Morgan fingerprint density at radius 3 is 2.84 bits per heavy atom. The number of halogens is 1. The fourth-order valence-corrected chi connectivity index (χ4v) is 2.60. The SMILES string of the molecule is Cl.O=Cn1c2c(c3ccccc31)CC(C(=O)O)NC2. The Labute approximate surface area is 115 Å². The van der Waals surface area contributed by atoms with Gasteiger partial charge in [0.15, 0.2) is 0 Å². The number of nitrogens with zero attached hydrogens (tertiary/aromatic N) is 1. The van der Waals surface area contributed by atoms with Gasteiger partial charge in [0.05, 0.1) is 5.52 Å². The first-order valence-corrected chi connectivity index (χ1v) is 5.74. The van der Waals surface area contributed by atoms with Gasteiger partial charge in [-0.3, -0.25) is 19.5 Å². The van der Waals surface area contributed by atoms with E-state index in [-0.39, 0.29) is 12.4 Å². The fourth-order valence-electron chi connectivity index (χ4n) is 2.60. The highest BCUT2D eigenvalue weighted by Crippen LogP contribution is 2.28. The van der Waals surface area contributed by atoms with Crippen molar-refractivity contribution in [3.63, 3.8) is 0 Å². The van der Waals surface area contributed by atoms with E-state index in [0.717, 1.165) is 28.6 Å². The lowest BCUT2D eigenvalue weighted by Gasteiger charge is -2.21. The highest BCUT2D eigenvalue weighted by Gasteiger charge is 2.28. The zero-order chi connectivity index (χ0) is 12.7. The number of rotatable bonds is 2. The molecule has 0 saturated carbocycles. The predicted octanol–water partition coefficient (Wildman–Crippen LogP) is 1.20. The van der Waals surface area contributed by atoms with Crippen molar-refractivity contribution in [2.45, 2.75) is 19.0 Å². The zero-order valence-corrected chi connectivity index (χ0v) is 10.8. The summed E-state index contributed by atoms with van der Waals surface area (Å²) in [4.78, 5) is 22.2. The molecule has 0 saturated heterocycles. The number of nitrogens with one attached hydrogen (secondary N) is 1. The van der Waals surface area contributed by atoms with Gasteiger partial charge in [-0.1, -0.05) is 18.2 Å². The number of carbonyl (C=O) groups is 2. The number of hydrogen-bond acceptors (Lipinski definition) is 3. The highest BCUT2D eigenvalue weighted by atomic mass is 35.5. The molecule has 2 aromatic rings. The molecule has 19 heavy (non-hydrogen) atoms. The number of carbonyl (C=O) groups excluding carboxylic acids is 1. The first kappa shape index (κ1) is 13.6. The van der Waals surface area contributed by atoms with Crippen molar-refractivity contribution >= 4 is 35.7 Å². The topological polar surface area (TPSA) is 71.3 Å². The van der Waals surface area contributed by atoms with Gasteiger partial charge >= 0.3 is 5.97 Å². The second-order valence-corrected chi connectivity index (χ2v) is 4.39.